The number of anilines is 1. The van der Waals surface area contributed by atoms with E-state index in [1.165, 1.54) is 0 Å². The molecule has 7 heteroatoms. The molecule has 6 nitrogen and oxygen atoms in total. The van der Waals surface area contributed by atoms with E-state index in [0.29, 0.717) is 24.7 Å². The molecule has 26 heavy (non-hydrogen) atoms. The van der Waals surface area contributed by atoms with Gasteiger partial charge in [-0.1, -0.05) is 18.2 Å². The molecule has 0 fully saturated rings. The topological polar surface area (TPSA) is 72.0 Å². The predicted molar refractivity (Wildman–Crippen MR) is 107 cm³/mol. The van der Waals surface area contributed by atoms with Crippen molar-refractivity contribution in [2.45, 2.75) is 20.8 Å². The number of ether oxygens (including phenoxy) is 2. The lowest BCUT2D eigenvalue weighted by molar-refractivity contribution is 0.252. The number of para-hydroxylation sites is 1. The average molecular weight is 420 g/mol. The summed E-state index contributed by atoms with van der Waals surface area (Å²) in [7, 11) is 0. The number of carbonyl (C=O) groups is 1. The van der Waals surface area contributed by atoms with Gasteiger partial charge in [-0.25, -0.2) is 10.2 Å². The van der Waals surface area contributed by atoms with Crippen LogP contribution in [0.1, 0.15) is 25.0 Å². The Bertz CT molecular complexity index is 794. The first kappa shape index (κ1) is 19.8. The van der Waals surface area contributed by atoms with Crippen LogP contribution in [0.5, 0.6) is 11.5 Å². The van der Waals surface area contributed by atoms with E-state index in [9.17, 15) is 4.79 Å². The first-order valence-electron chi connectivity index (χ1n) is 8.30. The van der Waals surface area contributed by atoms with Crippen molar-refractivity contribution in [3.63, 3.8) is 0 Å². The highest BCUT2D eigenvalue weighted by atomic mass is 79.9. The van der Waals surface area contributed by atoms with Crippen LogP contribution < -0.4 is 20.2 Å². The molecule has 0 saturated heterocycles. The normalized spacial score (nSPS) is 10.6. The third-order valence-corrected chi connectivity index (χ3v) is 3.98. The van der Waals surface area contributed by atoms with Crippen LogP contribution in [0.4, 0.5) is 10.5 Å². The van der Waals surface area contributed by atoms with E-state index in [0.717, 1.165) is 21.3 Å². The van der Waals surface area contributed by atoms with Gasteiger partial charge in [0.15, 0.2) is 11.5 Å². The summed E-state index contributed by atoms with van der Waals surface area (Å²) in [6.07, 6.45) is 1.54. The van der Waals surface area contributed by atoms with E-state index in [2.05, 4.69) is 31.8 Å². The van der Waals surface area contributed by atoms with Crippen molar-refractivity contribution in [1.82, 2.24) is 5.43 Å². The van der Waals surface area contributed by atoms with Crippen LogP contribution in [-0.2, 0) is 0 Å². The van der Waals surface area contributed by atoms with Crippen molar-refractivity contribution >= 4 is 33.9 Å². The van der Waals surface area contributed by atoms with Gasteiger partial charge in [0, 0.05) is 5.69 Å². The molecular weight excluding hydrogens is 398 g/mol. The molecule has 0 heterocycles. The number of hydrazone groups is 1. The molecule has 2 N–H and O–H groups in total. The summed E-state index contributed by atoms with van der Waals surface area (Å²) in [5.41, 5.74) is 4.93. The first-order valence-corrected chi connectivity index (χ1v) is 9.09. The third kappa shape index (κ3) is 5.49. The SMILES string of the molecule is CCOc1cc(/C=N\NC(=O)Nc2ccccc2C)cc(Br)c1OCC. The van der Waals surface area contributed by atoms with Crippen LogP contribution in [0, 0.1) is 6.92 Å². The van der Waals surface area contributed by atoms with Gasteiger partial charge in [-0.15, -0.1) is 0 Å². The highest BCUT2D eigenvalue weighted by molar-refractivity contribution is 9.10. The van der Waals surface area contributed by atoms with Gasteiger partial charge >= 0.3 is 6.03 Å². The summed E-state index contributed by atoms with van der Waals surface area (Å²) in [4.78, 5) is 11.9. The van der Waals surface area contributed by atoms with Crippen LogP contribution in [0.25, 0.3) is 0 Å². The second-order valence-corrected chi connectivity index (χ2v) is 6.19. The van der Waals surface area contributed by atoms with Gasteiger partial charge in [-0.05, 0) is 66.0 Å². The molecule has 0 bridgehead atoms. The van der Waals surface area contributed by atoms with Gasteiger partial charge in [0.25, 0.3) is 0 Å². The van der Waals surface area contributed by atoms with Gasteiger partial charge in [0.2, 0.25) is 0 Å². The molecule has 2 amide bonds. The molecule has 0 radical (unpaired) electrons. The van der Waals surface area contributed by atoms with E-state index in [1.54, 1.807) is 6.21 Å². The Morgan fingerprint density at radius 2 is 1.92 bits per heavy atom. The van der Waals surface area contributed by atoms with E-state index in [1.807, 2.05) is 57.2 Å². The number of amides is 2. The monoisotopic (exact) mass is 419 g/mol. The zero-order valence-electron chi connectivity index (χ0n) is 15.0. The zero-order valence-corrected chi connectivity index (χ0v) is 16.6. The van der Waals surface area contributed by atoms with Crippen molar-refractivity contribution in [2.75, 3.05) is 18.5 Å². The second kappa shape index (κ2) is 9.82. The summed E-state index contributed by atoms with van der Waals surface area (Å²) in [6.45, 7) is 6.79. The molecule has 0 aromatic heterocycles. The molecular formula is C19H22BrN3O3. The molecule has 2 aromatic rings. The number of benzene rings is 2. The Morgan fingerprint density at radius 3 is 2.62 bits per heavy atom. The lowest BCUT2D eigenvalue weighted by atomic mass is 10.2. The molecule has 0 aliphatic rings. The Morgan fingerprint density at radius 1 is 1.19 bits per heavy atom. The van der Waals surface area contributed by atoms with Gasteiger partial charge in [-0.3, -0.25) is 0 Å². The van der Waals surface area contributed by atoms with E-state index >= 15 is 0 Å². The summed E-state index contributed by atoms with van der Waals surface area (Å²) >= 11 is 3.48. The maximum atomic E-state index is 11.9. The average Bonchev–Trinajstić information content (AvgIpc) is 2.60. The van der Waals surface area contributed by atoms with E-state index in [-0.39, 0.29) is 0 Å². The number of aryl methyl sites for hydroxylation is 1. The van der Waals surface area contributed by atoms with Gasteiger partial charge < -0.3 is 14.8 Å². The summed E-state index contributed by atoms with van der Waals surface area (Å²) in [6, 6.07) is 10.8. The van der Waals surface area contributed by atoms with E-state index in [4.69, 9.17) is 9.47 Å². The van der Waals surface area contributed by atoms with Crippen molar-refractivity contribution in [3.05, 3.63) is 52.0 Å². The molecule has 138 valence electrons. The molecule has 0 spiro atoms. The molecule has 2 rings (SSSR count). The zero-order chi connectivity index (χ0) is 18.9. The Hall–Kier alpha value is -2.54. The number of nitrogens with zero attached hydrogens (tertiary/aromatic N) is 1. The Balaban J connectivity index is 2.05. The molecule has 0 aliphatic carbocycles. The lowest BCUT2D eigenvalue weighted by Gasteiger charge is -2.13. The van der Waals surface area contributed by atoms with Crippen LogP contribution in [-0.4, -0.2) is 25.5 Å². The molecule has 0 atom stereocenters. The fraction of sp³-hybridized carbons (Fsp3) is 0.263. The Kier molecular flexibility index (Phi) is 7.47. The Labute approximate surface area is 161 Å². The van der Waals surface area contributed by atoms with Gasteiger partial charge in [-0.2, -0.15) is 5.10 Å². The van der Waals surface area contributed by atoms with Crippen molar-refractivity contribution in [1.29, 1.82) is 0 Å². The lowest BCUT2D eigenvalue weighted by Crippen LogP contribution is -2.24. The fourth-order valence-corrected chi connectivity index (χ4v) is 2.81. The number of urea groups is 1. The molecule has 0 saturated carbocycles. The standard InChI is InChI=1S/C19H22BrN3O3/c1-4-25-17-11-14(10-15(20)18(17)26-5-2)12-21-23-19(24)22-16-9-7-6-8-13(16)3/h6-12H,4-5H2,1-3H3,(H2,22,23,24)/b21-12-. The van der Waals surface area contributed by atoms with Crippen LogP contribution >= 0.6 is 15.9 Å². The quantitative estimate of drug-likeness (QED) is 0.504. The number of halogens is 1. The van der Waals surface area contributed by atoms with Gasteiger partial charge in [0.05, 0.1) is 23.9 Å². The minimum absolute atomic E-state index is 0.411. The van der Waals surface area contributed by atoms with Gasteiger partial charge in [0.1, 0.15) is 0 Å². The van der Waals surface area contributed by atoms with Crippen LogP contribution in [0.15, 0.2) is 46.0 Å². The van der Waals surface area contributed by atoms with Crippen molar-refractivity contribution in [3.8, 4) is 11.5 Å². The largest absolute Gasteiger partial charge is 0.490 e. The number of rotatable bonds is 7. The first-order chi connectivity index (χ1) is 12.5. The number of hydrogen-bond acceptors (Lipinski definition) is 4. The minimum Gasteiger partial charge on any atom is -0.490 e. The van der Waals surface area contributed by atoms with E-state index < -0.39 is 6.03 Å². The summed E-state index contributed by atoms with van der Waals surface area (Å²) < 4.78 is 12.0. The maximum absolute atomic E-state index is 11.9. The number of hydrogen-bond donors (Lipinski definition) is 2. The molecule has 0 aliphatic heterocycles. The third-order valence-electron chi connectivity index (χ3n) is 3.39. The smallest absolute Gasteiger partial charge is 0.339 e. The second-order valence-electron chi connectivity index (χ2n) is 5.34. The number of carbonyl (C=O) groups excluding carboxylic acids is 1. The fourth-order valence-electron chi connectivity index (χ4n) is 2.24. The summed E-state index contributed by atoms with van der Waals surface area (Å²) in [5, 5.41) is 6.73. The van der Waals surface area contributed by atoms with Crippen molar-refractivity contribution < 1.29 is 14.3 Å². The minimum atomic E-state index is -0.411. The molecule has 0 unspecified atom stereocenters. The highest BCUT2D eigenvalue weighted by Gasteiger charge is 2.11. The summed E-state index contributed by atoms with van der Waals surface area (Å²) in [5.74, 6) is 1.27. The molecule has 2 aromatic carbocycles. The highest BCUT2D eigenvalue weighted by Crippen LogP contribution is 2.36. The van der Waals surface area contributed by atoms with Crippen LogP contribution in [0.3, 0.4) is 0 Å². The van der Waals surface area contributed by atoms with Crippen molar-refractivity contribution in [2.24, 2.45) is 5.10 Å². The predicted octanol–water partition coefficient (Wildman–Crippen LogP) is 4.71. The maximum Gasteiger partial charge on any atom is 0.339 e. The van der Waals surface area contributed by atoms with Crippen LogP contribution in [0.2, 0.25) is 0 Å². The number of nitrogens with one attached hydrogen (secondary N) is 2.